The molecule has 0 amide bonds. The zero-order valence-corrected chi connectivity index (χ0v) is 20.1. The summed E-state index contributed by atoms with van der Waals surface area (Å²) in [6.07, 6.45) is 4.71. The van der Waals surface area contributed by atoms with Crippen LogP contribution in [0.3, 0.4) is 0 Å². The van der Waals surface area contributed by atoms with E-state index in [2.05, 4.69) is 12.2 Å². The number of nitrogens with one attached hydrogen (secondary N) is 1. The molecule has 4 rings (SSSR count). The molecule has 34 heavy (non-hydrogen) atoms. The van der Waals surface area contributed by atoms with Gasteiger partial charge in [0.2, 0.25) is 0 Å². The number of unbranched alkanes of at least 4 members (excludes halogenated alkanes) is 1. The first-order valence-corrected chi connectivity index (χ1v) is 12.3. The summed E-state index contributed by atoms with van der Waals surface area (Å²) in [5.74, 6) is -0.0787. The summed E-state index contributed by atoms with van der Waals surface area (Å²) in [7, 11) is 0. The van der Waals surface area contributed by atoms with E-state index in [-0.39, 0.29) is 18.4 Å². The van der Waals surface area contributed by atoms with Gasteiger partial charge in [-0.05, 0) is 37.8 Å². The number of esters is 1. The second kappa shape index (κ2) is 11.2. The molecule has 0 aromatic heterocycles. The molecule has 1 aliphatic heterocycles. The first-order valence-electron chi connectivity index (χ1n) is 12.3. The number of dihydropyridines is 1. The average molecular weight is 460 g/mol. The Labute approximate surface area is 201 Å². The van der Waals surface area contributed by atoms with E-state index < -0.39 is 5.92 Å². The summed E-state index contributed by atoms with van der Waals surface area (Å²) in [4.78, 5) is 26.6. The summed E-state index contributed by atoms with van der Waals surface area (Å²) in [5, 5.41) is 3.36. The number of para-hydroxylation sites is 1. The third-order valence-corrected chi connectivity index (χ3v) is 6.45. The third kappa shape index (κ3) is 5.24. The van der Waals surface area contributed by atoms with Gasteiger partial charge in [0.1, 0.15) is 5.75 Å². The number of hydrogen-bond acceptors (Lipinski definition) is 5. The first kappa shape index (κ1) is 23.8. The van der Waals surface area contributed by atoms with Crippen molar-refractivity contribution in [3.63, 3.8) is 0 Å². The molecule has 5 nitrogen and oxygen atoms in total. The number of carbonyl (C=O) groups excluding carboxylic acids is 2. The summed E-state index contributed by atoms with van der Waals surface area (Å²) in [5.41, 5.74) is 4.79. The maximum Gasteiger partial charge on any atom is 0.336 e. The van der Waals surface area contributed by atoms with E-state index in [1.807, 2.05) is 61.5 Å². The first-order chi connectivity index (χ1) is 16.6. The fraction of sp³-hybridized carbons (Fsp3) is 0.379. The molecule has 0 radical (unpaired) electrons. The second-order valence-electron chi connectivity index (χ2n) is 8.88. The van der Waals surface area contributed by atoms with Crippen molar-refractivity contribution < 1.29 is 19.1 Å². The van der Waals surface area contributed by atoms with Crippen molar-refractivity contribution in [3.05, 3.63) is 88.3 Å². The quantitative estimate of drug-likeness (QED) is 0.390. The van der Waals surface area contributed by atoms with E-state index in [1.54, 1.807) is 0 Å². The lowest BCUT2D eigenvalue weighted by Crippen LogP contribution is -2.34. The van der Waals surface area contributed by atoms with Crippen LogP contribution in [-0.2, 0) is 20.7 Å². The van der Waals surface area contributed by atoms with Gasteiger partial charge in [-0.1, -0.05) is 61.9 Å². The largest absolute Gasteiger partial charge is 0.493 e. The summed E-state index contributed by atoms with van der Waals surface area (Å²) < 4.78 is 11.9. The molecule has 2 aromatic rings. The van der Waals surface area contributed by atoms with Crippen molar-refractivity contribution in [3.8, 4) is 5.75 Å². The van der Waals surface area contributed by atoms with Gasteiger partial charge in [-0.15, -0.1) is 0 Å². The van der Waals surface area contributed by atoms with Crippen molar-refractivity contribution in [1.82, 2.24) is 5.32 Å². The molecule has 2 aromatic carbocycles. The molecule has 0 fully saturated rings. The Kier molecular flexibility index (Phi) is 7.84. The fourth-order valence-corrected chi connectivity index (χ4v) is 4.73. The van der Waals surface area contributed by atoms with Gasteiger partial charge in [0.25, 0.3) is 0 Å². The predicted octanol–water partition coefficient (Wildman–Crippen LogP) is 5.62. The number of benzene rings is 2. The van der Waals surface area contributed by atoms with Crippen LogP contribution in [0.4, 0.5) is 0 Å². The van der Waals surface area contributed by atoms with Gasteiger partial charge >= 0.3 is 5.97 Å². The van der Waals surface area contributed by atoms with Crippen LogP contribution < -0.4 is 10.1 Å². The van der Waals surface area contributed by atoms with Crippen molar-refractivity contribution >= 4 is 11.8 Å². The van der Waals surface area contributed by atoms with Crippen molar-refractivity contribution in [2.75, 3.05) is 13.2 Å². The zero-order valence-electron chi connectivity index (χ0n) is 20.1. The van der Waals surface area contributed by atoms with Crippen molar-refractivity contribution in [2.45, 2.75) is 58.3 Å². The van der Waals surface area contributed by atoms with Gasteiger partial charge in [0.15, 0.2) is 5.78 Å². The maximum absolute atomic E-state index is 13.4. The lowest BCUT2D eigenvalue weighted by atomic mass is 9.75. The van der Waals surface area contributed by atoms with Gasteiger partial charge in [0, 0.05) is 35.4 Å². The highest BCUT2D eigenvalue weighted by Crippen LogP contribution is 2.45. The minimum absolute atomic E-state index is 0.0872. The Hall–Kier alpha value is -3.34. The highest BCUT2D eigenvalue weighted by molar-refractivity contribution is 6.04. The maximum atomic E-state index is 13.4. The van der Waals surface area contributed by atoms with Crippen LogP contribution >= 0.6 is 0 Å². The summed E-state index contributed by atoms with van der Waals surface area (Å²) in [6.45, 7) is 4.89. The monoisotopic (exact) mass is 459 g/mol. The highest BCUT2D eigenvalue weighted by Gasteiger charge is 2.40. The Bertz CT molecular complexity index is 1100. The normalized spacial score (nSPS) is 17.8. The number of allylic oxidation sites excluding steroid dienone is 3. The molecule has 5 heteroatoms. The molecular formula is C29H33NO4. The Morgan fingerprint density at radius 1 is 1.03 bits per heavy atom. The lowest BCUT2D eigenvalue weighted by molar-refractivity contribution is -0.139. The average Bonchev–Trinajstić information content (AvgIpc) is 2.84. The SMILES string of the molecule is CCCCOc1ccccc1C1C(C(=O)OCCc2ccccc2)=C(C)NC2=C1C(=O)CCC2. The Morgan fingerprint density at radius 3 is 2.59 bits per heavy atom. The molecule has 0 spiro atoms. The lowest BCUT2D eigenvalue weighted by Gasteiger charge is -2.34. The number of carbonyl (C=O) groups is 2. The molecule has 1 heterocycles. The van der Waals surface area contributed by atoms with Crippen LogP contribution in [0.25, 0.3) is 0 Å². The molecule has 1 aliphatic carbocycles. The summed E-state index contributed by atoms with van der Waals surface area (Å²) >= 11 is 0. The highest BCUT2D eigenvalue weighted by atomic mass is 16.5. The topological polar surface area (TPSA) is 64.6 Å². The van der Waals surface area contributed by atoms with E-state index in [4.69, 9.17) is 9.47 Å². The van der Waals surface area contributed by atoms with Crippen LogP contribution in [-0.4, -0.2) is 25.0 Å². The molecule has 1 unspecified atom stereocenters. The Morgan fingerprint density at radius 2 is 1.79 bits per heavy atom. The van der Waals surface area contributed by atoms with E-state index in [1.165, 1.54) is 0 Å². The third-order valence-electron chi connectivity index (χ3n) is 6.45. The Balaban J connectivity index is 1.66. The minimum Gasteiger partial charge on any atom is -0.493 e. The van der Waals surface area contributed by atoms with Crippen LogP contribution in [0.1, 0.15) is 63.0 Å². The zero-order chi connectivity index (χ0) is 23.9. The van der Waals surface area contributed by atoms with Crippen molar-refractivity contribution in [2.24, 2.45) is 0 Å². The van der Waals surface area contributed by atoms with Crippen molar-refractivity contribution in [1.29, 1.82) is 0 Å². The molecule has 0 saturated heterocycles. The number of hydrogen-bond donors (Lipinski definition) is 1. The van der Waals surface area contributed by atoms with Gasteiger partial charge in [-0.2, -0.15) is 0 Å². The molecular weight excluding hydrogens is 426 g/mol. The number of ether oxygens (including phenoxy) is 2. The van der Waals surface area contributed by atoms with Crippen LogP contribution in [0.2, 0.25) is 0 Å². The smallest absolute Gasteiger partial charge is 0.336 e. The van der Waals surface area contributed by atoms with E-state index >= 15 is 0 Å². The van der Waals surface area contributed by atoms with Crippen LogP contribution in [0.15, 0.2) is 77.1 Å². The number of ketones is 1. The molecule has 2 aliphatic rings. The molecule has 0 saturated carbocycles. The van der Waals surface area contributed by atoms with E-state index in [0.717, 1.165) is 54.0 Å². The van der Waals surface area contributed by atoms with Gasteiger partial charge in [0.05, 0.1) is 24.7 Å². The molecule has 0 bridgehead atoms. The predicted molar refractivity (Wildman–Crippen MR) is 132 cm³/mol. The van der Waals surface area contributed by atoms with E-state index in [9.17, 15) is 9.59 Å². The van der Waals surface area contributed by atoms with Crippen LogP contribution in [0, 0.1) is 0 Å². The number of Topliss-reactive ketones (excluding diaryl/α,β-unsaturated/α-hetero) is 1. The molecule has 178 valence electrons. The van der Waals surface area contributed by atoms with Gasteiger partial charge < -0.3 is 14.8 Å². The minimum atomic E-state index is -0.494. The van der Waals surface area contributed by atoms with E-state index in [0.29, 0.717) is 30.6 Å². The summed E-state index contributed by atoms with van der Waals surface area (Å²) in [6, 6.07) is 17.7. The standard InChI is InChI=1S/C29H33NO4/c1-3-4-18-33-25-16-9-8-13-22(25)27-26(20(2)30-23-14-10-15-24(31)28(23)27)29(32)34-19-17-21-11-6-5-7-12-21/h5-9,11-13,16,27,30H,3-4,10,14-15,17-19H2,1-2H3. The van der Waals surface area contributed by atoms with Gasteiger partial charge in [-0.3, -0.25) is 4.79 Å². The van der Waals surface area contributed by atoms with Gasteiger partial charge in [-0.25, -0.2) is 4.79 Å². The van der Waals surface area contributed by atoms with Crippen LogP contribution in [0.5, 0.6) is 5.75 Å². The fourth-order valence-electron chi connectivity index (χ4n) is 4.73. The molecule has 1 atom stereocenters. The molecule has 1 N–H and O–H groups in total. The number of rotatable bonds is 9. The second-order valence-corrected chi connectivity index (χ2v) is 8.88.